The zero-order valence-corrected chi connectivity index (χ0v) is 16.3. The van der Waals surface area contributed by atoms with Gasteiger partial charge < -0.3 is 4.79 Å². The molecule has 0 radical (unpaired) electrons. The third-order valence-electron chi connectivity index (χ3n) is 3.36. The minimum absolute atomic E-state index is 0.287. The van der Waals surface area contributed by atoms with E-state index in [1.807, 2.05) is 27.7 Å². The van der Waals surface area contributed by atoms with E-state index in [2.05, 4.69) is 39.0 Å². The molecule has 1 aromatic rings. The normalized spacial score (nSPS) is 9.50. The molecule has 128 valence electrons. The molecule has 0 saturated heterocycles. The van der Waals surface area contributed by atoms with Gasteiger partial charge in [-0.2, -0.15) is 0 Å². The van der Waals surface area contributed by atoms with Crippen LogP contribution in [0.2, 0.25) is 0 Å². The predicted octanol–water partition coefficient (Wildman–Crippen LogP) is 6.55. The van der Waals surface area contributed by atoms with Crippen LogP contribution in [-0.4, -0.2) is 5.78 Å². The Kier molecular flexibility index (Phi) is 15.6. The number of carbonyl (C=O) groups excluding carboxylic acids is 1. The Bertz CT molecular complexity index is 391. The van der Waals surface area contributed by atoms with Crippen LogP contribution in [0.15, 0.2) is 18.2 Å². The van der Waals surface area contributed by atoms with Crippen molar-refractivity contribution in [2.45, 2.75) is 87.5 Å². The summed E-state index contributed by atoms with van der Waals surface area (Å²) >= 11 is 0. The summed E-state index contributed by atoms with van der Waals surface area (Å²) in [5.74, 6) is 0.813. The lowest BCUT2D eigenvalue weighted by atomic mass is 9.96. The molecule has 0 heterocycles. The molecular formula is C21H38O. The first-order valence-electron chi connectivity index (χ1n) is 8.99. The van der Waals surface area contributed by atoms with Gasteiger partial charge >= 0.3 is 0 Å². The van der Waals surface area contributed by atoms with E-state index in [-0.39, 0.29) is 5.78 Å². The minimum Gasteiger partial charge on any atom is -0.300 e. The largest absolute Gasteiger partial charge is 0.300 e. The first-order chi connectivity index (χ1) is 10.4. The first kappa shape index (κ1) is 23.2. The molecule has 0 aliphatic carbocycles. The van der Waals surface area contributed by atoms with Crippen molar-refractivity contribution in [3.8, 4) is 0 Å². The SMILES string of the molecule is CC.CC(=O)CC(C)C.CCCCc1c(C)cccc1CC. The maximum Gasteiger partial charge on any atom is 0.130 e. The van der Waals surface area contributed by atoms with Crippen molar-refractivity contribution in [1.29, 1.82) is 0 Å². The van der Waals surface area contributed by atoms with Crippen molar-refractivity contribution < 1.29 is 4.79 Å². The van der Waals surface area contributed by atoms with E-state index in [0.717, 1.165) is 6.42 Å². The van der Waals surface area contributed by atoms with Crippen LogP contribution in [0.3, 0.4) is 0 Å². The van der Waals surface area contributed by atoms with E-state index in [4.69, 9.17) is 0 Å². The monoisotopic (exact) mass is 306 g/mol. The molecule has 1 heteroatoms. The summed E-state index contributed by atoms with van der Waals surface area (Å²) in [6, 6.07) is 6.66. The van der Waals surface area contributed by atoms with Crippen LogP contribution in [0.1, 0.15) is 84.4 Å². The van der Waals surface area contributed by atoms with E-state index in [1.165, 1.54) is 36.8 Å². The molecule has 0 aliphatic heterocycles. The molecule has 1 rings (SSSR count). The molecule has 0 bridgehead atoms. The number of hydrogen-bond acceptors (Lipinski definition) is 1. The lowest BCUT2D eigenvalue weighted by Crippen LogP contribution is -1.96. The van der Waals surface area contributed by atoms with Crippen LogP contribution < -0.4 is 0 Å². The smallest absolute Gasteiger partial charge is 0.130 e. The topological polar surface area (TPSA) is 17.1 Å². The van der Waals surface area contributed by atoms with Crippen molar-refractivity contribution in [2.24, 2.45) is 5.92 Å². The maximum atomic E-state index is 10.3. The average Bonchev–Trinajstić information content (AvgIpc) is 2.47. The highest BCUT2D eigenvalue weighted by Crippen LogP contribution is 2.17. The lowest BCUT2D eigenvalue weighted by molar-refractivity contribution is -0.117. The fraction of sp³-hybridized carbons (Fsp3) is 0.667. The highest BCUT2D eigenvalue weighted by atomic mass is 16.1. The number of carbonyl (C=O) groups is 1. The molecule has 0 amide bonds. The van der Waals surface area contributed by atoms with Gasteiger partial charge in [0.15, 0.2) is 0 Å². The number of rotatable bonds is 6. The second-order valence-corrected chi connectivity index (χ2v) is 5.97. The standard InChI is InChI=1S/C13H20.C6H12O.C2H6/c1-4-6-10-13-11(3)8-7-9-12(13)5-2;1-5(2)4-6(3)7;1-2/h7-9H,4-6,10H2,1-3H3;5H,4H2,1-3H3;1-2H3. The fourth-order valence-electron chi connectivity index (χ4n) is 2.38. The molecule has 0 aliphatic rings. The third-order valence-corrected chi connectivity index (χ3v) is 3.36. The van der Waals surface area contributed by atoms with E-state index in [0.29, 0.717) is 5.92 Å². The highest BCUT2D eigenvalue weighted by molar-refractivity contribution is 5.75. The molecular weight excluding hydrogens is 268 g/mol. The number of unbranched alkanes of at least 4 members (excludes halogenated alkanes) is 1. The quantitative estimate of drug-likeness (QED) is 0.582. The van der Waals surface area contributed by atoms with Gasteiger partial charge in [0, 0.05) is 6.42 Å². The second-order valence-electron chi connectivity index (χ2n) is 5.97. The van der Waals surface area contributed by atoms with Crippen LogP contribution in [0.5, 0.6) is 0 Å². The highest BCUT2D eigenvalue weighted by Gasteiger charge is 2.02. The molecule has 0 aromatic heterocycles. The van der Waals surface area contributed by atoms with Crippen LogP contribution in [-0.2, 0) is 17.6 Å². The van der Waals surface area contributed by atoms with E-state index in [1.54, 1.807) is 12.5 Å². The van der Waals surface area contributed by atoms with Crippen LogP contribution in [0, 0.1) is 12.8 Å². The second kappa shape index (κ2) is 14.8. The Morgan fingerprint density at radius 1 is 1.14 bits per heavy atom. The summed E-state index contributed by atoms with van der Waals surface area (Å²) in [5, 5.41) is 0. The number of hydrogen-bond donors (Lipinski definition) is 0. The van der Waals surface area contributed by atoms with E-state index >= 15 is 0 Å². The van der Waals surface area contributed by atoms with Crippen molar-refractivity contribution in [3.05, 3.63) is 34.9 Å². The molecule has 0 fully saturated rings. The summed E-state index contributed by atoms with van der Waals surface area (Å²) in [6.07, 6.45) is 5.75. The average molecular weight is 307 g/mol. The summed E-state index contributed by atoms with van der Waals surface area (Å²) in [5.41, 5.74) is 4.59. The zero-order valence-electron chi connectivity index (χ0n) is 16.3. The minimum atomic E-state index is 0.287. The lowest BCUT2D eigenvalue weighted by Gasteiger charge is -2.10. The van der Waals surface area contributed by atoms with Gasteiger partial charge in [0.1, 0.15) is 5.78 Å². The number of aryl methyl sites for hydroxylation is 2. The number of benzene rings is 1. The van der Waals surface area contributed by atoms with Crippen molar-refractivity contribution in [3.63, 3.8) is 0 Å². The van der Waals surface area contributed by atoms with Crippen LogP contribution in [0.4, 0.5) is 0 Å². The maximum absolute atomic E-state index is 10.3. The first-order valence-corrected chi connectivity index (χ1v) is 8.99. The third kappa shape index (κ3) is 11.5. The van der Waals surface area contributed by atoms with Gasteiger partial charge in [0.25, 0.3) is 0 Å². The van der Waals surface area contributed by atoms with Crippen LogP contribution >= 0.6 is 0 Å². The van der Waals surface area contributed by atoms with Gasteiger partial charge in [-0.3, -0.25) is 0 Å². The molecule has 1 aromatic carbocycles. The molecule has 1 nitrogen and oxygen atoms in total. The Morgan fingerprint density at radius 2 is 1.73 bits per heavy atom. The molecule has 0 spiro atoms. The van der Waals surface area contributed by atoms with E-state index < -0.39 is 0 Å². The molecule has 22 heavy (non-hydrogen) atoms. The number of ketones is 1. The van der Waals surface area contributed by atoms with Crippen molar-refractivity contribution >= 4 is 5.78 Å². The molecule has 0 N–H and O–H groups in total. The molecule has 0 atom stereocenters. The van der Waals surface area contributed by atoms with Crippen molar-refractivity contribution in [1.82, 2.24) is 0 Å². The Hall–Kier alpha value is -1.11. The Balaban J connectivity index is 0. The number of Topliss-reactive ketones (excluding diaryl/α,β-unsaturated/α-hetero) is 1. The predicted molar refractivity (Wildman–Crippen MR) is 101 cm³/mol. The van der Waals surface area contributed by atoms with Gasteiger partial charge in [-0.05, 0) is 55.7 Å². The molecule has 0 saturated carbocycles. The summed E-state index contributed by atoms with van der Waals surface area (Å²) in [4.78, 5) is 10.3. The fourth-order valence-corrected chi connectivity index (χ4v) is 2.38. The van der Waals surface area contributed by atoms with Gasteiger partial charge in [0.05, 0.1) is 0 Å². The van der Waals surface area contributed by atoms with Gasteiger partial charge in [0.2, 0.25) is 0 Å². The Labute approximate surface area is 139 Å². The van der Waals surface area contributed by atoms with Gasteiger partial charge in [-0.15, -0.1) is 0 Å². The van der Waals surface area contributed by atoms with Gasteiger partial charge in [-0.25, -0.2) is 0 Å². The summed E-state index contributed by atoms with van der Waals surface area (Å²) < 4.78 is 0. The summed E-state index contributed by atoms with van der Waals surface area (Å²) in [6.45, 7) is 16.4. The van der Waals surface area contributed by atoms with Crippen LogP contribution in [0.25, 0.3) is 0 Å². The van der Waals surface area contributed by atoms with E-state index in [9.17, 15) is 4.79 Å². The Morgan fingerprint density at radius 3 is 2.09 bits per heavy atom. The summed E-state index contributed by atoms with van der Waals surface area (Å²) in [7, 11) is 0. The molecule has 0 unspecified atom stereocenters. The zero-order chi connectivity index (χ0) is 17.5. The van der Waals surface area contributed by atoms with Gasteiger partial charge in [-0.1, -0.05) is 66.2 Å². The van der Waals surface area contributed by atoms with Crippen molar-refractivity contribution in [2.75, 3.05) is 0 Å².